The fourth-order valence-corrected chi connectivity index (χ4v) is 1.53. The second-order valence-corrected chi connectivity index (χ2v) is 5.01. The largest absolute Gasteiger partial charge is 0.479 e. The normalized spacial score (nSPS) is 14.1. The summed E-state index contributed by atoms with van der Waals surface area (Å²) in [6, 6.07) is 1.50. The number of hydrogen-bond acceptors (Lipinski definition) is 3. The average Bonchev–Trinajstić information content (AvgIpc) is 2.35. The highest BCUT2D eigenvalue weighted by molar-refractivity contribution is 6.31. The van der Waals surface area contributed by atoms with E-state index in [4.69, 9.17) is 16.7 Å². The minimum Gasteiger partial charge on any atom is -0.479 e. The summed E-state index contributed by atoms with van der Waals surface area (Å²) in [5.74, 6) is -1.59. The predicted octanol–water partition coefficient (Wildman–Crippen LogP) is 2.32. The van der Waals surface area contributed by atoms with Crippen LogP contribution in [-0.4, -0.2) is 34.4 Å². The van der Waals surface area contributed by atoms with E-state index in [9.17, 15) is 27.9 Å². The van der Waals surface area contributed by atoms with Crippen LogP contribution >= 0.6 is 11.6 Å². The van der Waals surface area contributed by atoms with Gasteiger partial charge < -0.3 is 20.8 Å². The molecule has 1 atom stereocenters. The summed E-state index contributed by atoms with van der Waals surface area (Å²) >= 11 is 5.58. The second-order valence-electron chi connectivity index (χ2n) is 4.57. The van der Waals surface area contributed by atoms with Crippen molar-refractivity contribution in [2.75, 3.05) is 11.9 Å². The molecule has 1 aromatic carbocycles. The Morgan fingerprint density at radius 2 is 1.91 bits per heavy atom. The highest BCUT2D eigenvalue weighted by Crippen LogP contribution is 2.36. The fraction of sp³-hybridized carbons (Fsp3) is 0.333. The molecule has 0 heterocycles. The number of anilines is 1. The molecule has 22 heavy (non-hydrogen) atoms. The number of carboxylic acids is 1. The maximum atomic E-state index is 12.8. The summed E-state index contributed by atoms with van der Waals surface area (Å²) in [4.78, 5) is 22.2. The molecule has 0 fully saturated rings. The van der Waals surface area contributed by atoms with Gasteiger partial charge in [0.05, 0.1) is 17.8 Å². The Balaban J connectivity index is 2.85. The van der Waals surface area contributed by atoms with Crippen molar-refractivity contribution in [1.29, 1.82) is 0 Å². The summed E-state index contributed by atoms with van der Waals surface area (Å²) < 4.78 is 38.3. The van der Waals surface area contributed by atoms with Crippen LogP contribution in [0.2, 0.25) is 5.02 Å². The molecule has 0 saturated carbocycles. The van der Waals surface area contributed by atoms with Crippen LogP contribution in [0, 0.1) is 0 Å². The molecule has 122 valence electrons. The molecule has 0 bridgehead atoms. The Morgan fingerprint density at radius 3 is 2.41 bits per heavy atom. The van der Waals surface area contributed by atoms with E-state index >= 15 is 0 Å². The maximum Gasteiger partial charge on any atom is 0.418 e. The van der Waals surface area contributed by atoms with Gasteiger partial charge in [-0.05, 0) is 25.1 Å². The molecule has 2 amide bonds. The first-order chi connectivity index (χ1) is 9.93. The van der Waals surface area contributed by atoms with Crippen molar-refractivity contribution in [3.8, 4) is 0 Å². The summed E-state index contributed by atoms with van der Waals surface area (Å²) in [6.07, 6.45) is -4.71. The minimum atomic E-state index is -4.71. The van der Waals surface area contributed by atoms with Gasteiger partial charge in [-0.15, -0.1) is 0 Å². The monoisotopic (exact) mass is 340 g/mol. The van der Waals surface area contributed by atoms with Crippen molar-refractivity contribution >= 4 is 29.3 Å². The second kappa shape index (κ2) is 6.41. The van der Waals surface area contributed by atoms with Gasteiger partial charge >= 0.3 is 18.2 Å². The first-order valence-electron chi connectivity index (χ1n) is 5.81. The molecule has 10 heteroatoms. The number of halogens is 4. The lowest BCUT2D eigenvalue weighted by atomic mass is 10.1. The molecule has 1 rings (SSSR count). The first kappa shape index (κ1) is 18.1. The molecule has 0 spiro atoms. The third kappa shape index (κ3) is 4.78. The Labute approximate surface area is 127 Å². The standard InChI is InChI=1S/C12H12ClF3N2O4/c1-11(22,9(19)20)5-17-10(21)18-8-4-6(13)2-3-7(8)12(14,15)16/h2-4,22H,5H2,1H3,(H,19,20)(H2,17,18,21). The van der Waals surface area contributed by atoms with Gasteiger partial charge in [-0.2, -0.15) is 13.2 Å². The lowest BCUT2D eigenvalue weighted by Gasteiger charge is -2.19. The number of nitrogens with one attached hydrogen (secondary N) is 2. The number of carboxylic acid groups (broad SMARTS) is 1. The average molecular weight is 341 g/mol. The smallest absolute Gasteiger partial charge is 0.418 e. The van der Waals surface area contributed by atoms with E-state index in [1.54, 1.807) is 0 Å². The van der Waals surface area contributed by atoms with Gasteiger partial charge in [0, 0.05) is 5.02 Å². The number of aliphatic carboxylic acids is 1. The van der Waals surface area contributed by atoms with Gasteiger partial charge in [-0.25, -0.2) is 9.59 Å². The number of hydrogen-bond donors (Lipinski definition) is 4. The number of benzene rings is 1. The summed E-state index contributed by atoms with van der Waals surface area (Å²) in [5, 5.41) is 21.9. The Hall–Kier alpha value is -2.00. The molecule has 0 aliphatic carbocycles. The van der Waals surface area contributed by atoms with Crippen LogP contribution in [0.25, 0.3) is 0 Å². The number of rotatable bonds is 4. The number of carbonyl (C=O) groups excluding carboxylic acids is 1. The SMILES string of the molecule is CC(O)(CNC(=O)Nc1cc(Cl)ccc1C(F)(F)F)C(=O)O. The van der Waals surface area contributed by atoms with E-state index in [1.807, 2.05) is 10.6 Å². The molecule has 0 aliphatic heterocycles. The van der Waals surface area contributed by atoms with Gasteiger partial charge in [0.15, 0.2) is 5.60 Å². The van der Waals surface area contributed by atoms with Crippen molar-refractivity contribution in [3.05, 3.63) is 28.8 Å². The van der Waals surface area contributed by atoms with E-state index in [-0.39, 0.29) is 5.02 Å². The van der Waals surface area contributed by atoms with Gasteiger partial charge in [-0.3, -0.25) is 0 Å². The van der Waals surface area contributed by atoms with E-state index in [0.717, 1.165) is 19.1 Å². The van der Waals surface area contributed by atoms with E-state index in [2.05, 4.69) is 0 Å². The zero-order chi connectivity index (χ0) is 17.1. The van der Waals surface area contributed by atoms with Gasteiger partial charge in [0.25, 0.3) is 0 Å². The fourth-order valence-electron chi connectivity index (χ4n) is 1.36. The maximum absolute atomic E-state index is 12.8. The van der Waals surface area contributed by atoms with Gasteiger partial charge in [0.1, 0.15) is 0 Å². The first-order valence-corrected chi connectivity index (χ1v) is 6.18. The van der Waals surface area contributed by atoms with Crippen LogP contribution in [0.5, 0.6) is 0 Å². The molecule has 0 aromatic heterocycles. The quantitative estimate of drug-likeness (QED) is 0.676. The lowest BCUT2D eigenvalue weighted by molar-refractivity contribution is -0.155. The molecular weight excluding hydrogens is 329 g/mol. The molecule has 1 unspecified atom stereocenters. The van der Waals surface area contributed by atoms with E-state index in [0.29, 0.717) is 6.07 Å². The molecule has 6 nitrogen and oxygen atoms in total. The minimum absolute atomic E-state index is 0.0270. The number of amides is 2. The topological polar surface area (TPSA) is 98.7 Å². The Bertz CT molecular complexity index is 590. The van der Waals surface area contributed by atoms with Crippen molar-refractivity contribution in [2.45, 2.75) is 18.7 Å². The molecule has 4 N–H and O–H groups in total. The Morgan fingerprint density at radius 1 is 1.32 bits per heavy atom. The highest BCUT2D eigenvalue weighted by Gasteiger charge is 2.34. The molecular formula is C12H12ClF3N2O4. The third-order valence-corrected chi connectivity index (χ3v) is 2.82. The van der Waals surface area contributed by atoms with Crippen LogP contribution in [0.15, 0.2) is 18.2 Å². The number of urea groups is 1. The van der Waals surface area contributed by atoms with Crippen molar-refractivity contribution in [3.63, 3.8) is 0 Å². The lowest BCUT2D eigenvalue weighted by Crippen LogP contribution is -2.47. The van der Waals surface area contributed by atoms with Crippen molar-refractivity contribution in [1.82, 2.24) is 5.32 Å². The van der Waals surface area contributed by atoms with Crippen molar-refractivity contribution < 1.29 is 33.0 Å². The Kier molecular flexibility index (Phi) is 5.26. The zero-order valence-electron chi connectivity index (χ0n) is 11.2. The number of carbonyl (C=O) groups is 2. The highest BCUT2D eigenvalue weighted by atomic mass is 35.5. The van der Waals surface area contributed by atoms with Crippen LogP contribution < -0.4 is 10.6 Å². The molecule has 0 radical (unpaired) electrons. The summed E-state index contributed by atoms with van der Waals surface area (Å²) in [6.45, 7) is 0.228. The van der Waals surface area contributed by atoms with E-state index < -0.39 is 41.6 Å². The molecule has 1 aromatic rings. The molecule has 0 saturated heterocycles. The van der Waals surface area contributed by atoms with Crippen molar-refractivity contribution in [2.24, 2.45) is 0 Å². The van der Waals surface area contributed by atoms with Gasteiger partial charge in [-0.1, -0.05) is 11.6 Å². The number of alkyl halides is 3. The third-order valence-electron chi connectivity index (χ3n) is 2.59. The molecule has 0 aliphatic rings. The van der Waals surface area contributed by atoms with Crippen LogP contribution in [-0.2, 0) is 11.0 Å². The summed E-state index contributed by atoms with van der Waals surface area (Å²) in [5.41, 5.74) is -3.96. The number of aliphatic hydroxyl groups is 1. The summed E-state index contributed by atoms with van der Waals surface area (Å²) in [7, 11) is 0. The van der Waals surface area contributed by atoms with Crippen LogP contribution in [0.1, 0.15) is 12.5 Å². The van der Waals surface area contributed by atoms with Crippen LogP contribution in [0.3, 0.4) is 0 Å². The zero-order valence-corrected chi connectivity index (χ0v) is 11.9. The predicted molar refractivity (Wildman–Crippen MR) is 71.7 cm³/mol. The van der Waals surface area contributed by atoms with Gasteiger partial charge in [0.2, 0.25) is 0 Å². The van der Waals surface area contributed by atoms with Crippen LogP contribution in [0.4, 0.5) is 23.7 Å². The van der Waals surface area contributed by atoms with E-state index in [1.165, 1.54) is 0 Å².